The third kappa shape index (κ3) is 4.74. The van der Waals surface area contributed by atoms with E-state index in [0.717, 1.165) is 0 Å². The molecule has 0 aliphatic heterocycles. The van der Waals surface area contributed by atoms with Crippen molar-refractivity contribution in [2.75, 3.05) is 33.7 Å². The van der Waals surface area contributed by atoms with Gasteiger partial charge in [0.05, 0.1) is 38.1 Å². The summed E-state index contributed by atoms with van der Waals surface area (Å²) < 4.78 is 21.7. The van der Waals surface area contributed by atoms with Crippen LogP contribution in [0.3, 0.4) is 0 Å². The molecule has 0 atom stereocenters. The zero-order valence-corrected chi connectivity index (χ0v) is 17.3. The van der Waals surface area contributed by atoms with Crippen LogP contribution in [0.15, 0.2) is 34.8 Å². The van der Waals surface area contributed by atoms with Gasteiger partial charge < -0.3 is 24.7 Å². The number of hydrogen-bond acceptors (Lipinski definition) is 6. The lowest BCUT2D eigenvalue weighted by Crippen LogP contribution is -2.02. The van der Waals surface area contributed by atoms with E-state index in [9.17, 15) is 4.79 Å². The summed E-state index contributed by atoms with van der Waals surface area (Å²) in [5.41, 5.74) is 7.52. The number of rotatable bonds is 8. The van der Waals surface area contributed by atoms with Gasteiger partial charge in [-0.3, -0.25) is 4.79 Å². The third-order valence-electron chi connectivity index (χ3n) is 3.77. The number of nitrogens with two attached hydrogens (primary N) is 1. The van der Waals surface area contributed by atoms with Gasteiger partial charge in [0, 0.05) is 5.56 Å². The van der Waals surface area contributed by atoms with Crippen LogP contribution in [0, 0.1) is 0 Å². The number of carbonyl (C=O) groups is 1. The van der Waals surface area contributed by atoms with E-state index in [2.05, 4.69) is 15.9 Å². The summed E-state index contributed by atoms with van der Waals surface area (Å²) in [6, 6.07) is 8.46. The molecule has 27 heavy (non-hydrogen) atoms. The van der Waals surface area contributed by atoms with Crippen molar-refractivity contribution in [2.24, 2.45) is 0 Å². The van der Waals surface area contributed by atoms with E-state index in [1.165, 1.54) is 21.3 Å². The Labute approximate surface area is 167 Å². The van der Waals surface area contributed by atoms with Crippen molar-refractivity contribution < 1.29 is 23.7 Å². The van der Waals surface area contributed by atoms with E-state index in [4.69, 9.17) is 24.7 Å². The fourth-order valence-corrected chi connectivity index (χ4v) is 3.00. The lowest BCUT2D eigenvalue weighted by molar-refractivity contribution is 0.104. The second-order valence-electron chi connectivity index (χ2n) is 5.47. The molecule has 2 aromatic carbocycles. The highest BCUT2D eigenvalue weighted by molar-refractivity contribution is 9.12. The molecule has 0 bridgehead atoms. The molecule has 0 aromatic heterocycles. The summed E-state index contributed by atoms with van der Waals surface area (Å²) in [5, 5.41) is 0. The fourth-order valence-electron chi connectivity index (χ4n) is 2.51. The van der Waals surface area contributed by atoms with Gasteiger partial charge in [0.25, 0.3) is 0 Å². The van der Waals surface area contributed by atoms with Crippen LogP contribution in [0.4, 0.5) is 5.69 Å². The van der Waals surface area contributed by atoms with Gasteiger partial charge in [0.1, 0.15) is 5.75 Å². The van der Waals surface area contributed by atoms with Crippen molar-refractivity contribution in [3.63, 3.8) is 0 Å². The summed E-state index contributed by atoms with van der Waals surface area (Å²) in [6.07, 6.45) is 1.68. The van der Waals surface area contributed by atoms with E-state index in [1.54, 1.807) is 36.4 Å². The maximum atomic E-state index is 12.7. The SMILES string of the molecule is CCOc1ccc(C(=O)C(Br)=Cc2cc(OC)c(OC)c(OC)c2)cc1N. The van der Waals surface area contributed by atoms with E-state index in [1.807, 2.05) is 6.92 Å². The molecule has 2 aromatic rings. The number of nitrogen functional groups attached to an aromatic ring is 1. The summed E-state index contributed by atoms with van der Waals surface area (Å²) in [5.74, 6) is 1.83. The topological polar surface area (TPSA) is 80.0 Å². The zero-order valence-electron chi connectivity index (χ0n) is 15.7. The number of methoxy groups -OCH3 is 3. The Hall–Kier alpha value is -2.67. The molecule has 0 aliphatic carbocycles. The van der Waals surface area contributed by atoms with Gasteiger partial charge in [0.2, 0.25) is 5.75 Å². The van der Waals surface area contributed by atoms with Crippen LogP contribution in [0.25, 0.3) is 6.08 Å². The molecule has 0 spiro atoms. The summed E-state index contributed by atoms with van der Waals surface area (Å²) in [6.45, 7) is 2.37. The molecule has 0 amide bonds. The van der Waals surface area contributed by atoms with Crippen molar-refractivity contribution >= 4 is 33.5 Å². The van der Waals surface area contributed by atoms with Crippen LogP contribution in [-0.4, -0.2) is 33.7 Å². The van der Waals surface area contributed by atoms with E-state index in [0.29, 0.717) is 50.9 Å². The summed E-state index contributed by atoms with van der Waals surface area (Å²) >= 11 is 3.35. The predicted octanol–water partition coefficient (Wildman–Crippen LogP) is 4.31. The maximum absolute atomic E-state index is 12.7. The van der Waals surface area contributed by atoms with Gasteiger partial charge in [0.15, 0.2) is 17.3 Å². The Morgan fingerprint density at radius 2 is 1.67 bits per heavy atom. The normalized spacial score (nSPS) is 11.1. The molecule has 0 fully saturated rings. The molecule has 7 heteroatoms. The van der Waals surface area contributed by atoms with Crippen LogP contribution < -0.4 is 24.7 Å². The second-order valence-corrected chi connectivity index (χ2v) is 6.32. The van der Waals surface area contributed by atoms with E-state index >= 15 is 0 Å². The molecular weight excluding hydrogens is 414 g/mol. The van der Waals surface area contributed by atoms with Crippen molar-refractivity contribution in [2.45, 2.75) is 6.92 Å². The molecule has 2 rings (SSSR count). The molecule has 0 saturated carbocycles. The van der Waals surface area contributed by atoms with Gasteiger partial charge in [-0.05, 0) is 64.8 Å². The standard InChI is InChI=1S/C20H22BrNO5/c1-5-27-16-7-6-13(11-15(16)22)19(23)14(21)8-12-9-17(24-2)20(26-4)18(10-12)25-3/h6-11H,5,22H2,1-4H3. The Bertz CT molecular complexity index is 838. The minimum absolute atomic E-state index is 0.210. The first-order valence-electron chi connectivity index (χ1n) is 8.19. The molecule has 2 N–H and O–H groups in total. The van der Waals surface area contributed by atoms with Gasteiger partial charge in [-0.15, -0.1) is 0 Å². The number of ether oxygens (including phenoxy) is 4. The minimum atomic E-state index is -0.210. The van der Waals surface area contributed by atoms with E-state index < -0.39 is 0 Å². The number of allylic oxidation sites excluding steroid dienone is 1. The molecule has 0 radical (unpaired) electrons. The Morgan fingerprint density at radius 1 is 1.04 bits per heavy atom. The number of ketones is 1. The van der Waals surface area contributed by atoms with Crippen LogP contribution >= 0.6 is 15.9 Å². The molecular formula is C20H22BrNO5. The van der Waals surface area contributed by atoms with Crippen molar-refractivity contribution in [1.82, 2.24) is 0 Å². The Balaban J connectivity index is 2.36. The number of hydrogen-bond donors (Lipinski definition) is 1. The van der Waals surface area contributed by atoms with Crippen molar-refractivity contribution in [1.29, 1.82) is 0 Å². The van der Waals surface area contributed by atoms with Crippen LogP contribution in [0.1, 0.15) is 22.8 Å². The number of halogens is 1. The predicted molar refractivity (Wildman–Crippen MR) is 109 cm³/mol. The number of Topliss-reactive ketones (excluding diaryl/α,β-unsaturated/α-hetero) is 1. The summed E-state index contributed by atoms with van der Waals surface area (Å²) in [4.78, 5) is 12.7. The quantitative estimate of drug-likeness (QED) is 0.377. The Morgan fingerprint density at radius 3 is 2.15 bits per heavy atom. The smallest absolute Gasteiger partial charge is 0.203 e. The average molecular weight is 436 g/mol. The number of anilines is 1. The summed E-state index contributed by atoms with van der Waals surface area (Å²) in [7, 11) is 4.60. The zero-order chi connectivity index (χ0) is 20.0. The lowest BCUT2D eigenvalue weighted by atomic mass is 10.1. The fraction of sp³-hybridized carbons (Fsp3) is 0.250. The molecule has 144 valence electrons. The molecule has 0 heterocycles. The average Bonchev–Trinajstić information content (AvgIpc) is 2.68. The first-order valence-corrected chi connectivity index (χ1v) is 8.98. The Kier molecular flexibility index (Phi) is 7.12. The van der Waals surface area contributed by atoms with Gasteiger partial charge >= 0.3 is 0 Å². The molecule has 0 unspecified atom stereocenters. The first-order chi connectivity index (χ1) is 12.9. The van der Waals surface area contributed by atoms with Gasteiger partial charge in [-0.25, -0.2) is 0 Å². The van der Waals surface area contributed by atoms with Gasteiger partial charge in [-0.1, -0.05) is 0 Å². The number of benzene rings is 2. The van der Waals surface area contributed by atoms with Crippen LogP contribution in [-0.2, 0) is 0 Å². The van der Waals surface area contributed by atoms with Gasteiger partial charge in [-0.2, -0.15) is 0 Å². The highest BCUT2D eigenvalue weighted by Gasteiger charge is 2.15. The molecule has 0 aliphatic rings. The highest BCUT2D eigenvalue weighted by atomic mass is 79.9. The molecule has 6 nitrogen and oxygen atoms in total. The van der Waals surface area contributed by atoms with Crippen molar-refractivity contribution in [3.05, 3.63) is 45.9 Å². The first kappa shape index (κ1) is 20.6. The monoisotopic (exact) mass is 435 g/mol. The van der Waals surface area contributed by atoms with Crippen molar-refractivity contribution in [3.8, 4) is 23.0 Å². The largest absolute Gasteiger partial charge is 0.493 e. The number of carbonyl (C=O) groups excluding carboxylic acids is 1. The minimum Gasteiger partial charge on any atom is -0.493 e. The second kappa shape index (κ2) is 9.32. The third-order valence-corrected chi connectivity index (χ3v) is 4.36. The maximum Gasteiger partial charge on any atom is 0.203 e. The van der Waals surface area contributed by atoms with E-state index in [-0.39, 0.29) is 5.78 Å². The lowest BCUT2D eigenvalue weighted by Gasteiger charge is -2.13. The molecule has 0 saturated heterocycles. The highest BCUT2D eigenvalue weighted by Crippen LogP contribution is 2.39. The van der Waals surface area contributed by atoms with Crippen LogP contribution in [0.5, 0.6) is 23.0 Å². The van der Waals surface area contributed by atoms with Crippen LogP contribution in [0.2, 0.25) is 0 Å².